The fourth-order valence-electron chi connectivity index (χ4n) is 3.01. The predicted molar refractivity (Wildman–Crippen MR) is 126 cm³/mol. The molecule has 32 heavy (non-hydrogen) atoms. The van der Waals surface area contributed by atoms with E-state index in [2.05, 4.69) is 36.9 Å². The molecule has 0 aliphatic carbocycles. The molecule has 0 spiro atoms. The number of cyclic esters (lactones) is 1. The second-order valence-electron chi connectivity index (χ2n) is 6.76. The lowest BCUT2D eigenvalue weighted by molar-refractivity contribution is -0.129. The second-order valence-corrected chi connectivity index (χ2v) is 8.47. The van der Waals surface area contributed by atoms with Crippen molar-refractivity contribution in [2.24, 2.45) is 4.99 Å². The fraction of sp³-hybridized carbons (Fsp3) is 0.0833. The quantitative estimate of drug-likeness (QED) is 0.263. The maximum absolute atomic E-state index is 13.1. The van der Waals surface area contributed by atoms with Gasteiger partial charge in [-0.15, -0.1) is 0 Å². The minimum absolute atomic E-state index is 0.125. The molecule has 1 aliphatic heterocycles. The molecule has 0 atom stereocenters. The minimum atomic E-state index is -0.589. The van der Waals surface area contributed by atoms with Crippen LogP contribution in [0.3, 0.4) is 0 Å². The van der Waals surface area contributed by atoms with Crippen molar-refractivity contribution in [3.8, 4) is 11.5 Å². The minimum Gasteiger partial charge on any atom is -0.493 e. The third-order valence-electron chi connectivity index (χ3n) is 4.60. The summed E-state index contributed by atoms with van der Waals surface area (Å²) in [6.07, 6.45) is 1.59. The smallest absolute Gasteiger partial charge is 0.363 e. The van der Waals surface area contributed by atoms with E-state index in [1.807, 2.05) is 24.3 Å². The van der Waals surface area contributed by atoms with Gasteiger partial charge >= 0.3 is 5.97 Å². The molecule has 162 valence electrons. The molecule has 3 aromatic carbocycles. The Morgan fingerprint density at radius 1 is 1.06 bits per heavy atom. The van der Waals surface area contributed by atoms with Crippen LogP contribution in [0.1, 0.15) is 16.7 Å². The number of nitrogens with zero attached hydrogens (tertiary/aromatic N) is 1. The van der Waals surface area contributed by atoms with Gasteiger partial charge < -0.3 is 14.2 Å². The molecule has 0 amide bonds. The number of esters is 1. The molecule has 8 heteroatoms. The summed E-state index contributed by atoms with van der Waals surface area (Å²) in [5.74, 6) is 0.185. The zero-order valence-electron chi connectivity index (χ0n) is 16.8. The molecule has 0 bridgehead atoms. The number of methoxy groups -OCH3 is 1. The highest BCUT2D eigenvalue weighted by Gasteiger charge is 2.24. The molecule has 5 nitrogen and oxygen atoms in total. The van der Waals surface area contributed by atoms with E-state index in [0.717, 1.165) is 10.0 Å². The number of rotatable bonds is 6. The topological polar surface area (TPSA) is 57.1 Å². The van der Waals surface area contributed by atoms with E-state index in [4.69, 9.17) is 14.2 Å². The first-order chi connectivity index (χ1) is 15.4. The van der Waals surface area contributed by atoms with Crippen LogP contribution >= 0.6 is 31.9 Å². The van der Waals surface area contributed by atoms with Gasteiger partial charge in [-0.05, 0) is 70.0 Å². The van der Waals surface area contributed by atoms with Crippen LogP contribution in [0.4, 0.5) is 4.39 Å². The second kappa shape index (κ2) is 9.67. The summed E-state index contributed by atoms with van der Waals surface area (Å²) in [5, 5.41) is 0. The lowest BCUT2D eigenvalue weighted by atomic mass is 10.1. The van der Waals surface area contributed by atoms with E-state index in [9.17, 15) is 9.18 Å². The van der Waals surface area contributed by atoms with Crippen molar-refractivity contribution in [2.75, 3.05) is 7.11 Å². The van der Waals surface area contributed by atoms with Gasteiger partial charge in [0.2, 0.25) is 5.90 Å². The van der Waals surface area contributed by atoms with Gasteiger partial charge in [0, 0.05) is 15.6 Å². The molecule has 0 N–H and O–H groups in total. The Hall–Kier alpha value is -2.97. The molecule has 0 radical (unpaired) electrons. The molecule has 1 heterocycles. The molecule has 0 unspecified atom stereocenters. The van der Waals surface area contributed by atoms with Crippen LogP contribution in [0.2, 0.25) is 0 Å². The first-order valence-electron chi connectivity index (χ1n) is 9.47. The average Bonchev–Trinajstić information content (AvgIpc) is 3.14. The van der Waals surface area contributed by atoms with Crippen LogP contribution in [0.25, 0.3) is 6.08 Å². The van der Waals surface area contributed by atoms with Gasteiger partial charge in [0.25, 0.3) is 0 Å². The Labute approximate surface area is 200 Å². The van der Waals surface area contributed by atoms with Crippen molar-refractivity contribution >= 4 is 49.8 Å². The van der Waals surface area contributed by atoms with Crippen LogP contribution in [0.5, 0.6) is 11.5 Å². The van der Waals surface area contributed by atoms with E-state index in [-0.39, 0.29) is 17.4 Å². The number of benzene rings is 3. The summed E-state index contributed by atoms with van der Waals surface area (Å²) in [6.45, 7) is 0.342. The Kier molecular flexibility index (Phi) is 6.72. The van der Waals surface area contributed by atoms with Crippen molar-refractivity contribution in [1.82, 2.24) is 0 Å². The van der Waals surface area contributed by atoms with Crippen LogP contribution in [-0.4, -0.2) is 19.0 Å². The van der Waals surface area contributed by atoms with Crippen LogP contribution in [-0.2, 0) is 16.1 Å². The molecule has 0 fully saturated rings. The third-order valence-corrected chi connectivity index (χ3v) is 5.96. The van der Waals surface area contributed by atoms with Gasteiger partial charge in [-0.3, -0.25) is 0 Å². The SMILES string of the molecule is COc1cc(/C=C2/N=C(c3ccc(F)cc3)OC2=O)cc(Br)c1OCc1ccccc1Br. The van der Waals surface area contributed by atoms with Crippen LogP contribution in [0, 0.1) is 5.82 Å². The lowest BCUT2D eigenvalue weighted by Crippen LogP contribution is -2.05. The average molecular weight is 561 g/mol. The Morgan fingerprint density at radius 2 is 1.81 bits per heavy atom. The largest absolute Gasteiger partial charge is 0.493 e. The van der Waals surface area contributed by atoms with Gasteiger partial charge in [-0.25, -0.2) is 14.2 Å². The zero-order chi connectivity index (χ0) is 22.7. The van der Waals surface area contributed by atoms with E-state index in [1.54, 1.807) is 25.3 Å². The third kappa shape index (κ3) is 4.92. The van der Waals surface area contributed by atoms with Crippen molar-refractivity contribution in [2.45, 2.75) is 6.61 Å². The highest BCUT2D eigenvalue weighted by molar-refractivity contribution is 9.10. The number of carbonyl (C=O) groups excluding carboxylic acids is 1. The van der Waals surface area contributed by atoms with Gasteiger partial charge in [-0.2, -0.15) is 0 Å². The first kappa shape index (κ1) is 22.2. The number of hydrogen-bond donors (Lipinski definition) is 0. The molecular formula is C24H16Br2FNO4. The zero-order valence-corrected chi connectivity index (χ0v) is 19.9. The molecule has 0 saturated heterocycles. The maximum Gasteiger partial charge on any atom is 0.363 e. The van der Waals surface area contributed by atoms with E-state index in [1.165, 1.54) is 24.3 Å². The summed E-state index contributed by atoms with van der Waals surface area (Å²) in [4.78, 5) is 16.5. The Balaban J connectivity index is 1.59. The molecule has 3 aromatic rings. The summed E-state index contributed by atoms with van der Waals surface area (Å²) >= 11 is 7.03. The highest BCUT2D eigenvalue weighted by atomic mass is 79.9. The summed E-state index contributed by atoms with van der Waals surface area (Å²) in [6, 6.07) is 16.9. The number of ether oxygens (including phenoxy) is 3. The molecule has 1 aliphatic rings. The number of hydrogen-bond acceptors (Lipinski definition) is 5. The first-order valence-corrected chi connectivity index (χ1v) is 11.1. The molecule has 4 rings (SSSR count). The monoisotopic (exact) mass is 559 g/mol. The Morgan fingerprint density at radius 3 is 2.53 bits per heavy atom. The molecule has 0 aromatic heterocycles. The van der Waals surface area contributed by atoms with Gasteiger partial charge in [-0.1, -0.05) is 34.1 Å². The van der Waals surface area contributed by atoms with Gasteiger partial charge in [0.1, 0.15) is 12.4 Å². The van der Waals surface area contributed by atoms with E-state index in [0.29, 0.717) is 33.7 Å². The van der Waals surface area contributed by atoms with Crippen molar-refractivity contribution in [3.63, 3.8) is 0 Å². The van der Waals surface area contributed by atoms with E-state index < -0.39 is 5.97 Å². The van der Waals surface area contributed by atoms with Gasteiger partial charge in [0.05, 0.1) is 11.6 Å². The Bertz CT molecular complexity index is 1240. The standard InChI is InChI=1S/C24H16Br2FNO4/c1-30-21-12-14(10-19(26)22(21)31-13-16-4-2-3-5-18(16)25)11-20-24(29)32-23(28-20)15-6-8-17(27)9-7-15/h2-12H,13H2,1H3/b20-11+. The van der Waals surface area contributed by atoms with Crippen molar-refractivity contribution in [3.05, 3.63) is 97.8 Å². The molecule has 0 saturated carbocycles. The number of carbonyl (C=O) groups is 1. The normalized spacial score (nSPS) is 14.3. The van der Waals surface area contributed by atoms with Crippen LogP contribution in [0.15, 0.2) is 80.3 Å². The molecular weight excluding hydrogens is 545 g/mol. The summed E-state index contributed by atoms with van der Waals surface area (Å²) in [7, 11) is 1.54. The summed E-state index contributed by atoms with van der Waals surface area (Å²) < 4.78 is 31.5. The summed E-state index contributed by atoms with van der Waals surface area (Å²) in [5.41, 5.74) is 2.29. The fourth-order valence-corrected chi connectivity index (χ4v) is 3.98. The number of halogens is 3. The van der Waals surface area contributed by atoms with Crippen molar-refractivity contribution < 1.29 is 23.4 Å². The van der Waals surface area contributed by atoms with Gasteiger partial charge in [0.15, 0.2) is 17.2 Å². The van der Waals surface area contributed by atoms with Crippen LogP contribution < -0.4 is 9.47 Å². The predicted octanol–water partition coefficient (Wildman–Crippen LogP) is 6.28. The van der Waals surface area contributed by atoms with E-state index >= 15 is 0 Å². The van der Waals surface area contributed by atoms with Crippen molar-refractivity contribution in [1.29, 1.82) is 0 Å². The number of aliphatic imine (C=N–C) groups is 1. The highest BCUT2D eigenvalue weighted by Crippen LogP contribution is 2.38. The maximum atomic E-state index is 13.1. The lowest BCUT2D eigenvalue weighted by Gasteiger charge is -2.14.